The highest BCUT2D eigenvalue weighted by molar-refractivity contribution is 5.96. The maximum atomic E-state index is 10.2. The molecule has 112 valence electrons. The van der Waals surface area contributed by atoms with Crippen LogP contribution in [0.1, 0.15) is 64.5 Å². The van der Waals surface area contributed by atoms with Crippen LogP contribution in [0.4, 0.5) is 0 Å². The molecule has 2 atom stereocenters. The predicted octanol–water partition coefficient (Wildman–Crippen LogP) is 5.82. The minimum absolute atomic E-state index is 0.195. The largest absolute Gasteiger partial charge is 0.507 e. The van der Waals surface area contributed by atoms with Crippen molar-refractivity contribution in [3.63, 3.8) is 0 Å². The van der Waals surface area contributed by atoms with Gasteiger partial charge in [-0.25, -0.2) is 0 Å². The first-order chi connectivity index (χ1) is 9.62. The van der Waals surface area contributed by atoms with Gasteiger partial charge in [0.2, 0.25) is 0 Å². The number of phenolic OH excluding ortho intramolecular Hbond substituents is 1. The second kappa shape index (κ2) is 4.25. The van der Waals surface area contributed by atoms with Gasteiger partial charge in [-0.1, -0.05) is 65.8 Å². The van der Waals surface area contributed by atoms with Crippen LogP contribution in [0, 0.1) is 10.8 Å². The topological polar surface area (TPSA) is 20.2 Å². The number of hydrogen-bond acceptors (Lipinski definition) is 1. The maximum absolute atomic E-state index is 10.2. The molecule has 0 spiro atoms. The fourth-order valence-electron chi connectivity index (χ4n) is 4.26. The van der Waals surface area contributed by atoms with Gasteiger partial charge in [0.15, 0.2) is 0 Å². The van der Waals surface area contributed by atoms with Crippen LogP contribution >= 0.6 is 0 Å². The Balaban J connectivity index is 2.39. The highest BCUT2D eigenvalue weighted by atomic mass is 16.3. The highest BCUT2D eigenvalue weighted by Crippen LogP contribution is 2.60. The van der Waals surface area contributed by atoms with Crippen molar-refractivity contribution < 1.29 is 5.11 Å². The molecule has 0 heterocycles. The molecule has 0 fully saturated rings. The van der Waals surface area contributed by atoms with Gasteiger partial charge in [-0.2, -0.15) is 0 Å². The summed E-state index contributed by atoms with van der Waals surface area (Å²) in [6, 6.07) is 10.4. The summed E-state index contributed by atoms with van der Waals surface area (Å²) in [6.45, 7) is 14.0. The minimum Gasteiger partial charge on any atom is -0.507 e. The Hall–Kier alpha value is -1.50. The van der Waals surface area contributed by atoms with Gasteiger partial charge >= 0.3 is 0 Å². The molecule has 2 aromatic rings. The quantitative estimate of drug-likeness (QED) is 0.645. The van der Waals surface area contributed by atoms with Crippen LogP contribution < -0.4 is 0 Å². The third kappa shape index (κ3) is 2.06. The van der Waals surface area contributed by atoms with Crippen LogP contribution in [0.5, 0.6) is 5.75 Å². The molecule has 3 rings (SSSR count). The molecule has 0 aromatic heterocycles. The molecule has 1 heteroatoms. The van der Waals surface area contributed by atoms with Crippen LogP contribution in [0.3, 0.4) is 0 Å². The van der Waals surface area contributed by atoms with Crippen LogP contribution in [-0.4, -0.2) is 5.11 Å². The number of aromatic hydroxyl groups is 1. The first-order valence-corrected chi connectivity index (χ1v) is 7.87. The Labute approximate surface area is 128 Å². The van der Waals surface area contributed by atoms with Gasteiger partial charge in [0.05, 0.1) is 0 Å². The van der Waals surface area contributed by atoms with Crippen molar-refractivity contribution in [2.24, 2.45) is 10.8 Å². The lowest BCUT2D eigenvalue weighted by Gasteiger charge is -2.40. The molecule has 2 unspecified atom stereocenters. The molecule has 0 amide bonds. The van der Waals surface area contributed by atoms with Crippen LogP contribution in [0.15, 0.2) is 30.3 Å². The Morgan fingerprint density at radius 1 is 0.762 bits per heavy atom. The second-order valence-corrected chi connectivity index (χ2v) is 8.63. The average Bonchev–Trinajstić information content (AvgIpc) is 2.69. The standard InChI is InChI=1S/C20H26O/c1-19(2,3)17-13-9-7-8-12-15(21)11-10-14(16(12)13)18(17)20(4,5)6/h7-11,17-18,21H,1-6H3. The Bertz CT molecular complexity index is 672. The van der Waals surface area contributed by atoms with Gasteiger partial charge in [-0.05, 0) is 45.2 Å². The van der Waals surface area contributed by atoms with E-state index >= 15 is 0 Å². The molecule has 1 nitrogen and oxygen atoms in total. The third-order valence-electron chi connectivity index (χ3n) is 4.95. The summed E-state index contributed by atoms with van der Waals surface area (Å²) in [7, 11) is 0. The van der Waals surface area contributed by atoms with E-state index in [-0.39, 0.29) is 10.8 Å². The van der Waals surface area contributed by atoms with E-state index in [0.717, 1.165) is 5.39 Å². The Morgan fingerprint density at radius 2 is 1.29 bits per heavy atom. The van der Waals surface area contributed by atoms with Crippen molar-refractivity contribution in [1.82, 2.24) is 0 Å². The number of phenols is 1. The number of benzene rings is 2. The summed E-state index contributed by atoms with van der Waals surface area (Å²) in [5.41, 5.74) is 3.21. The molecular formula is C20H26O. The summed E-state index contributed by atoms with van der Waals surface area (Å²) < 4.78 is 0. The molecule has 1 N–H and O–H groups in total. The van der Waals surface area contributed by atoms with Gasteiger partial charge in [-0.3, -0.25) is 0 Å². The predicted molar refractivity (Wildman–Crippen MR) is 90.0 cm³/mol. The Morgan fingerprint density at radius 3 is 1.81 bits per heavy atom. The van der Waals surface area contributed by atoms with E-state index in [4.69, 9.17) is 0 Å². The van der Waals surface area contributed by atoms with Crippen molar-refractivity contribution in [3.05, 3.63) is 41.5 Å². The van der Waals surface area contributed by atoms with Gasteiger partial charge < -0.3 is 5.11 Å². The molecule has 0 radical (unpaired) electrons. The first kappa shape index (κ1) is 14.4. The molecule has 2 aromatic carbocycles. The highest BCUT2D eigenvalue weighted by Gasteiger charge is 2.46. The zero-order chi connectivity index (χ0) is 15.6. The molecule has 21 heavy (non-hydrogen) atoms. The first-order valence-electron chi connectivity index (χ1n) is 7.87. The SMILES string of the molecule is CC(C)(C)C1c2cccc3c(O)ccc(c23)C1C(C)(C)C. The van der Waals surface area contributed by atoms with E-state index in [9.17, 15) is 5.11 Å². The number of hydrogen-bond donors (Lipinski definition) is 1. The molecule has 1 aliphatic carbocycles. The molecule has 1 aliphatic rings. The van der Waals surface area contributed by atoms with Gasteiger partial charge in [0.25, 0.3) is 0 Å². The normalized spacial score (nSPS) is 22.0. The lowest BCUT2D eigenvalue weighted by molar-refractivity contribution is 0.195. The molecule has 0 bridgehead atoms. The summed E-state index contributed by atoms with van der Waals surface area (Å²) in [5, 5.41) is 12.5. The molecule has 0 saturated heterocycles. The van der Waals surface area contributed by atoms with Crippen LogP contribution in [0.25, 0.3) is 10.8 Å². The van der Waals surface area contributed by atoms with Crippen molar-refractivity contribution >= 4 is 10.8 Å². The summed E-state index contributed by atoms with van der Waals surface area (Å²) in [6.07, 6.45) is 0. The summed E-state index contributed by atoms with van der Waals surface area (Å²) >= 11 is 0. The van der Waals surface area contributed by atoms with E-state index in [1.807, 2.05) is 12.1 Å². The van der Waals surface area contributed by atoms with Crippen molar-refractivity contribution in [2.75, 3.05) is 0 Å². The van der Waals surface area contributed by atoms with E-state index in [2.05, 4.69) is 59.7 Å². The molecular weight excluding hydrogens is 256 g/mol. The summed E-state index contributed by atoms with van der Waals surface area (Å²) in [4.78, 5) is 0. The van der Waals surface area contributed by atoms with Crippen LogP contribution in [-0.2, 0) is 0 Å². The fourth-order valence-corrected chi connectivity index (χ4v) is 4.26. The van der Waals surface area contributed by atoms with Gasteiger partial charge in [-0.15, -0.1) is 0 Å². The van der Waals surface area contributed by atoms with Gasteiger partial charge in [0.1, 0.15) is 5.75 Å². The molecule has 0 saturated carbocycles. The lowest BCUT2D eigenvalue weighted by Crippen LogP contribution is -2.29. The van der Waals surface area contributed by atoms with E-state index in [1.165, 1.54) is 16.5 Å². The second-order valence-electron chi connectivity index (χ2n) is 8.63. The van der Waals surface area contributed by atoms with Crippen LogP contribution in [0.2, 0.25) is 0 Å². The lowest BCUT2D eigenvalue weighted by atomic mass is 9.63. The third-order valence-corrected chi connectivity index (χ3v) is 4.95. The fraction of sp³-hybridized carbons (Fsp3) is 0.500. The monoisotopic (exact) mass is 282 g/mol. The van der Waals surface area contributed by atoms with E-state index < -0.39 is 0 Å². The Kier molecular flexibility index (Phi) is 2.92. The zero-order valence-corrected chi connectivity index (χ0v) is 14.0. The smallest absolute Gasteiger partial charge is 0.123 e. The zero-order valence-electron chi connectivity index (χ0n) is 14.0. The minimum atomic E-state index is 0.195. The molecule has 0 aliphatic heterocycles. The average molecular weight is 282 g/mol. The number of rotatable bonds is 0. The summed E-state index contributed by atoms with van der Waals surface area (Å²) in [5.74, 6) is 1.37. The van der Waals surface area contributed by atoms with E-state index in [1.54, 1.807) is 0 Å². The van der Waals surface area contributed by atoms with Gasteiger partial charge in [0, 0.05) is 5.39 Å². The van der Waals surface area contributed by atoms with Crippen molar-refractivity contribution in [1.29, 1.82) is 0 Å². The van der Waals surface area contributed by atoms with E-state index in [0.29, 0.717) is 17.6 Å². The van der Waals surface area contributed by atoms with Crippen molar-refractivity contribution in [3.8, 4) is 5.75 Å². The van der Waals surface area contributed by atoms with Crippen molar-refractivity contribution in [2.45, 2.75) is 53.4 Å². The maximum Gasteiger partial charge on any atom is 0.123 e.